The van der Waals surface area contributed by atoms with E-state index in [0.717, 1.165) is 22.9 Å². The van der Waals surface area contributed by atoms with Crippen LogP contribution in [0.3, 0.4) is 0 Å². The van der Waals surface area contributed by atoms with Gasteiger partial charge in [-0.25, -0.2) is 0 Å². The number of rotatable bonds is 4. The minimum atomic E-state index is -4.33. The zero-order valence-corrected chi connectivity index (χ0v) is 14.1. The molecule has 0 radical (unpaired) electrons. The number of hydrogen-bond donors (Lipinski definition) is 1. The van der Waals surface area contributed by atoms with E-state index in [0.29, 0.717) is 29.1 Å². The average Bonchev–Trinajstić information content (AvgIpc) is 2.98. The van der Waals surface area contributed by atoms with Crippen molar-refractivity contribution in [3.63, 3.8) is 0 Å². The summed E-state index contributed by atoms with van der Waals surface area (Å²) in [6, 6.07) is 10.9. The van der Waals surface area contributed by atoms with Gasteiger partial charge in [-0.2, -0.15) is 13.2 Å². The van der Waals surface area contributed by atoms with Crippen LogP contribution in [-0.2, 0) is 19.0 Å². The summed E-state index contributed by atoms with van der Waals surface area (Å²) >= 11 is 6.18. The first-order valence-corrected chi connectivity index (χ1v) is 8.04. The summed E-state index contributed by atoms with van der Waals surface area (Å²) in [5, 5.41) is 11.1. The van der Waals surface area contributed by atoms with Crippen LogP contribution in [0.25, 0.3) is 11.3 Å². The van der Waals surface area contributed by atoms with Gasteiger partial charge >= 0.3 is 6.18 Å². The van der Waals surface area contributed by atoms with Crippen molar-refractivity contribution >= 4 is 11.6 Å². The molecule has 0 aliphatic heterocycles. The molecule has 3 rings (SSSR count). The predicted octanol–water partition coefficient (Wildman–Crippen LogP) is 5.24. The molecule has 0 fully saturated rings. The molecule has 1 aromatic heterocycles. The molecule has 0 unspecified atom stereocenters. The Hall–Kier alpha value is -2.34. The van der Waals surface area contributed by atoms with E-state index in [1.165, 1.54) is 12.1 Å². The highest BCUT2D eigenvalue weighted by atomic mass is 35.5. The monoisotopic (exact) mass is 365 g/mol. The summed E-state index contributed by atoms with van der Waals surface area (Å²) in [5.41, 5.74) is 3.30. The highest BCUT2D eigenvalue weighted by Gasteiger charge is 2.30. The maximum atomic E-state index is 12.8. The van der Waals surface area contributed by atoms with Crippen LogP contribution in [0.4, 0.5) is 13.2 Å². The van der Waals surface area contributed by atoms with Crippen LogP contribution in [0, 0.1) is 6.92 Å². The van der Waals surface area contributed by atoms with Crippen LogP contribution >= 0.6 is 11.6 Å². The average molecular weight is 366 g/mol. The van der Waals surface area contributed by atoms with Crippen molar-refractivity contribution in [2.24, 2.45) is 0 Å². The summed E-state index contributed by atoms with van der Waals surface area (Å²) in [4.78, 5) is 0. The number of nitrogens with zero attached hydrogens (tertiary/aromatic N) is 2. The van der Waals surface area contributed by atoms with Gasteiger partial charge in [-0.15, -0.1) is 5.10 Å². The predicted molar refractivity (Wildman–Crippen MR) is 90.4 cm³/mol. The van der Waals surface area contributed by atoms with E-state index in [4.69, 9.17) is 11.6 Å². The molecule has 3 nitrogen and oxygen atoms in total. The second kappa shape index (κ2) is 6.88. The van der Waals surface area contributed by atoms with Gasteiger partial charge in [0.2, 0.25) is 0 Å². The van der Waals surface area contributed by atoms with Gasteiger partial charge in [-0.05, 0) is 55.2 Å². The fourth-order valence-electron chi connectivity index (χ4n) is 2.68. The zero-order valence-electron chi connectivity index (χ0n) is 13.4. The van der Waals surface area contributed by atoms with Crippen molar-refractivity contribution in [2.75, 3.05) is 0 Å². The normalized spacial score (nSPS) is 11.7. The fourth-order valence-corrected chi connectivity index (χ4v) is 2.93. The molecule has 0 atom stereocenters. The molecule has 1 N–H and O–H groups in total. The number of hydrogen-bond acceptors (Lipinski definition) is 2. The van der Waals surface area contributed by atoms with Crippen molar-refractivity contribution in [3.05, 3.63) is 69.9 Å². The minimum absolute atomic E-state index is 0.488. The highest BCUT2D eigenvalue weighted by molar-refractivity contribution is 6.30. The van der Waals surface area contributed by atoms with Crippen LogP contribution in [-0.4, -0.2) is 15.4 Å². The Morgan fingerprint density at radius 3 is 2.48 bits per heavy atom. The largest absolute Gasteiger partial charge is 0.416 e. The van der Waals surface area contributed by atoms with Gasteiger partial charge in [0.15, 0.2) is 0 Å². The van der Waals surface area contributed by atoms with E-state index >= 15 is 0 Å². The molecule has 0 bridgehead atoms. The molecule has 1 heterocycles. The molecule has 25 heavy (non-hydrogen) atoms. The number of alkyl halides is 3. The summed E-state index contributed by atoms with van der Waals surface area (Å²) in [7, 11) is 0. The Kier molecular flexibility index (Phi) is 4.81. The molecule has 130 valence electrons. The smallest absolute Gasteiger partial charge is 0.262 e. The molecular weight excluding hydrogens is 351 g/mol. The number of H-pyrrole nitrogens is 1. The van der Waals surface area contributed by atoms with Gasteiger partial charge in [0.1, 0.15) is 5.69 Å². The lowest BCUT2D eigenvalue weighted by Gasteiger charge is -2.09. The quantitative estimate of drug-likeness (QED) is 0.687. The molecule has 0 aliphatic carbocycles. The molecule has 0 aliphatic rings. The van der Waals surface area contributed by atoms with Gasteiger partial charge in [0.25, 0.3) is 0 Å². The standard InChI is InChI=1S/C18H15ClF3N3/c1-11-17(24-25-23-11)14-7-13(9-16(19)10-14)6-5-12-3-2-4-15(8-12)18(20,21)22/h2-4,7-10H,5-6H2,1H3,(H,23,24,25). The molecular formula is C18H15ClF3N3. The minimum Gasteiger partial charge on any atom is -0.262 e. The fraction of sp³-hybridized carbons (Fsp3) is 0.222. The maximum Gasteiger partial charge on any atom is 0.416 e. The third-order valence-corrected chi connectivity index (χ3v) is 4.13. The second-order valence-electron chi connectivity index (χ2n) is 5.83. The Bertz CT molecular complexity index is 887. The molecule has 2 aromatic carbocycles. The summed E-state index contributed by atoms with van der Waals surface area (Å²) in [6.07, 6.45) is -3.27. The number of aromatic amines is 1. The van der Waals surface area contributed by atoms with Gasteiger partial charge < -0.3 is 0 Å². The molecule has 0 spiro atoms. The third kappa shape index (κ3) is 4.20. The molecule has 0 amide bonds. The molecule has 7 heteroatoms. The first-order valence-electron chi connectivity index (χ1n) is 7.66. The molecule has 0 saturated heterocycles. The Balaban J connectivity index is 1.80. The lowest BCUT2D eigenvalue weighted by atomic mass is 10.00. The topological polar surface area (TPSA) is 41.6 Å². The highest BCUT2D eigenvalue weighted by Crippen LogP contribution is 2.30. The van der Waals surface area contributed by atoms with Crippen molar-refractivity contribution in [3.8, 4) is 11.3 Å². The Morgan fingerprint density at radius 1 is 1.04 bits per heavy atom. The van der Waals surface area contributed by atoms with Gasteiger partial charge in [0, 0.05) is 10.6 Å². The van der Waals surface area contributed by atoms with Crippen molar-refractivity contribution < 1.29 is 13.2 Å². The maximum absolute atomic E-state index is 12.8. The zero-order chi connectivity index (χ0) is 18.0. The molecule has 0 saturated carbocycles. The van der Waals surface area contributed by atoms with Crippen LogP contribution in [0.5, 0.6) is 0 Å². The van der Waals surface area contributed by atoms with Gasteiger partial charge in [-0.3, -0.25) is 5.10 Å². The lowest BCUT2D eigenvalue weighted by Crippen LogP contribution is -2.05. The van der Waals surface area contributed by atoms with Gasteiger partial charge in [-0.1, -0.05) is 35.0 Å². The van der Waals surface area contributed by atoms with Crippen LogP contribution in [0.15, 0.2) is 42.5 Å². The van der Waals surface area contributed by atoms with E-state index in [1.54, 1.807) is 12.1 Å². The van der Waals surface area contributed by atoms with E-state index in [-0.39, 0.29) is 0 Å². The van der Waals surface area contributed by atoms with Crippen LogP contribution in [0.1, 0.15) is 22.4 Å². The molecule has 3 aromatic rings. The first-order chi connectivity index (χ1) is 11.8. The SMILES string of the molecule is Cc1[nH]nnc1-c1cc(Cl)cc(CCc2cccc(C(F)(F)F)c2)c1. The number of halogens is 4. The van der Waals surface area contributed by atoms with Crippen molar-refractivity contribution in [1.82, 2.24) is 15.4 Å². The first kappa shape index (κ1) is 17.5. The summed E-state index contributed by atoms with van der Waals surface area (Å²) in [6.45, 7) is 1.86. The second-order valence-corrected chi connectivity index (χ2v) is 6.27. The number of aryl methyl sites for hydroxylation is 3. The number of aromatic nitrogens is 3. The van der Waals surface area contributed by atoms with E-state index in [1.807, 2.05) is 19.1 Å². The number of benzene rings is 2. The van der Waals surface area contributed by atoms with E-state index < -0.39 is 11.7 Å². The third-order valence-electron chi connectivity index (χ3n) is 3.91. The lowest BCUT2D eigenvalue weighted by molar-refractivity contribution is -0.137. The van der Waals surface area contributed by atoms with Crippen LogP contribution < -0.4 is 0 Å². The Morgan fingerprint density at radius 2 is 1.80 bits per heavy atom. The van der Waals surface area contributed by atoms with Crippen LogP contribution in [0.2, 0.25) is 5.02 Å². The van der Waals surface area contributed by atoms with Gasteiger partial charge in [0.05, 0.1) is 11.3 Å². The Labute approximate surface area is 147 Å². The van der Waals surface area contributed by atoms with Crippen molar-refractivity contribution in [1.29, 1.82) is 0 Å². The van der Waals surface area contributed by atoms with E-state index in [9.17, 15) is 13.2 Å². The number of nitrogens with one attached hydrogen (secondary N) is 1. The summed E-state index contributed by atoms with van der Waals surface area (Å²) < 4.78 is 38.4. The summed E-state index contributed by atoms with van der Waals surface area (Å²) in [5.74, 6) is 0. The van der Waals surface area contributed by atoms with Crippen molar-refractivity contribution in [2.45, 2.75) is 25.9 Å². The van der Waals surface area contributed by atoms with E-state index in [2.05, 4.69) is 15.4 Å².